The molecule has 0 saturated heterocycles. The number of hydroxylamine groups is 1. The van der Waals surface area contributed by atoms with Gasteiger partial charge in [0, 0.05) is 16.8 Å². The molecule has 0 aliphatic heterocycles. The summed E-state index contributed by atoms with van der Waals surface area (Å²) in [5.74, 6) is 0.266. The third-order valence-electron chi connectivity index (χ3n) is 4.01. The minimum absolute atomic E-state index is 0.234. The molecule has 3 N–H and O–H groups in total. The number of benzene rings is 2. The zero-order chi connectivity index (χ0) is 19.4. The van der Waals surface area contributed by atoms with Gasteiger partial charge >= 0.3 is 0 Å². The van der Waals surface area contributed by atoms with Crippen LogP contribution in [0.5, 0.6) is 11.5 Å². The molecule has 1 aromatic heterocycles. The van der Waals surface area contributed by atoms with Crippen molar-refractivity contribution in [2.75, 3.05) is 14.2 Å². The van der Waals surface area contributed by atoms with Gasteiger partial charge in [0.25, 0.3) is 11.8 Å². The van der Waals surface area contributed by atoms with E-state index in [1.807, 2.05) is 18.2 Å². The molecule has 8 heteroatoms. The lowest BCUT2D eigenvalue weighted by Gasteiger charge is -2.10. The summed E-state index contributed by atoms with van der Waals surface area (Å²) in [7, 11) is 3.05. The SMILES string of the molecule is COc1ccc(C(=O)NCc2ccc3cc(C(=O)NO)sc3c2)cc1OC. The van der Waals surface area contributed by atoms with Crippen LogP contribution in [-0.2, 0) is 6.54 Å². The van der Waals surface area contributed by atoms with E-state index >= 15 is 0 Å². The zero-order valence-electron chi connectivity index (χ0n) is 14.7. The summed E-state index contributed by atoms with van der Waals surface area (Å²) in [4.78, 5) is 24.3. The summed E-state index contributed by atoms with van der Waals surface area (Å²) >= 11 is 1.27. The summed E-state index contributed by atoms with van der Waals surface area (Å²) in [6, 6.07) is 12.3. The molecule has 3 aromatic rings. The highest BCUT2D eigenvalue weighted by Crippen LogP contribution is 2.28. The number of hydrogen-bond acceptors (Lipinski definition) is 6. The van der Waals surface area contributed by atoms with Gasteiger partial charge in [-0.05, 0) is 41.3 Å². The van der Waals surface area contributed by atoms with Crippen molar-refractivity contribution in [1.82, 2.24) is 10.8 Å². The molecule has 2 amide bonds. The zero-order valence-corrected chi connectivity index (χ0v) is 15.6. The Hall–Kier alpha value is -3.10. The summed E-state index contributed by atoms with van der Waals surface area (Å²) in [6.07, 6.45) is 0. The van der Waals surface area contributed by atoms with Crippen molar-refractivity contribution < 1.29 is 24.3 Å². The van der Waals surface area contributed by atoms with Crippen LogP contribution in [0, 0.1) is 0 Å². The first kappa shape index (κ1) is 18.7. The van der Waals surface area contributed by atoms with Crippen molar-refractivity contribution in [3.63, 3.8) is 0 Å². The molecular formula is C19H18N2O5S. The molecule has 0 bridgehead atoms. The van der Waals surface area contributed by atoms with Gasteiger partial charge in [0.2, 0.25) is 0 Å². The maximum absolute atomic E-state index is 12.4. The molecule has 0 fully saturated rings. The number of hydrogen-bond donors (Lipinski definition) is 3. The third kappa shape index (κ3) is 4.02. The number of ether oxygens (including phenoxy) is 2. The molecule has 0 aliphatic carbocycles. The first-order valence-corrected chi connectivity index (χ1v) is 8.84. The molecule has 27 heavy (non-hydrogen) atoms. The monoisotopic (exact) mass is 386 g/mol. The second-order valence-electron chi connectivity index (χ2n) is 5.68. The average Bonchev–Trinajstić information content (AvgIpc) is 3.14. The van der Waals surface area contributed by atoms with Gasteiger partial charge in [-0.1, -0.05) is 12.1 Å². The molecule has 1 heterocycles. The quantitative estimate of drug-likeness (QED) is 0.447. The molecule has 2 aromatic carbocycles. The Morgan fingerprint density at radius 3 is 2.48 bits per heavy atom. The lowest BCUT2D eigenvalue weighted by atomic mass is 10.1. The van der Waals surface area contributed by atoms with E-state index in [4.69, 9.17) is 14.7 Å². The van der Waals surface area contributed by atoms with E-state index in [9.17, 15) is 9.59 Å². The van der Waals surface area contributed by atoms with Crippen LogP contribution in [0.25, 0.3) is 10.1 Å². The predicted octanol–water partition coefficient (Wildman–Crippen LogP) is 2.97. The normalized spacial score (nSPS) is 10.5. The third-order valence-corrected chi connectivity index (χ3v) is 5.11. The van der Waals surface area contributed by atoms with Crippen LogP contribution in [0.1, 0.15) is 25.6 Å². The summed E-state index contributed by atoms with van der Waals surface area (Å²) in [6.45, 7) is 0.336. The van der Waals surface area contributed by atoms with E-state index in [0.717, 1.165) is 15.6 Å². The largest absolute Gasteiger partial charge is 0.493 e. The molecule has 3 rings (SSSR count). The van der Waals surface area contributed by atoms with Crippen LogP contribution >= 0.6 is 11.3 Å². The number of nitrogens with one attached hydrogen (secondary N) is 2. The smallest absolute Gasteiger partial charge is 0.284 e. The molecule has 0 atom stereocenters. The van der Waals surface area contributed by atoms with Gasteiger partial charge in [0.15, 0.2) is 11.5 Å². The fourth-order valence-electron chi connectivity index (χ4n) is 2.61. The molecule has 0 saturated carbocycles. The molecular weight excluding hydrogens is 368 g/mol. The number of methoxy groups -OCH3 is 2. The minimum atomic E-state index is -0.542. The second kappa shape index (κ2) is 8.07. The fraction of sp³-hybridized carbons (Fsp3) is 0.158. The Bertz CT molecular complexity index is 999. The summed E-state index contributed by atoms with van der Waals surface area (Å²) in [5, 5.41) is 12.5. The van der Waals surface area contributed by atoms with E-state index in [0.29, 0.717) is 28.5 Å². The van der Waals surface area contributed by atoms with E-state index in [1.54, 1.807) is 29.7 Å². The topological polar surface area (TPSA) is 96.9 Å². The average molecular weight is 386 g/mol. The van der Waals surface area contributed by atoms with Crippen molar-refractivity contribution in [2.24, 2.45) is 0 Å². The van der Waals surface area contributed by atoms with Crippen LogP contribution in [0.4, 0.5) is 0 Å². The van der Waals surface area contributed by atoms with Gasteiger partial charge in [-0.15, -0.1) is 11.3 Å². The molecule has 140 valence electrons. The molecule has 0 aliphatic rings. The first-order chi connectivity index (χ1) is 13.0. The van der Waals surface area contributed by atoms with Crippen LogP contribution in [0.3, 0.4) is 0 Å². The Labute approximate surface area is 159 Å². The van der Waals surface area contributed by atoms with Crippen molar-refractivity contribution in [2.45, 2.75) is 6.54 Å². The van der Waals surface area contributed by atoms with Crippen LogP contribution in [-0.4, -0.2) is 31.2 Å². The van der Waals surface area contributed by atoms with E-state index in [1.165, 1.54) is 25.6 Å². The number of fused-ring (bicyclic) bond motifs is 1. The van der Waals surface area contributed by atoms with E-state index in [2.05, 4.69) is 5.32 Å². The van der Waals surface area contributed by atoms with Gasteiger partial charge < -0.3 is 14.8 Å². The standard InChI is InChI=1S/C19H18N2O5S/c1-25-14-6-5-13(8-15(14)26-2)18(22)20-10-11-3-4-12-9-17(19(23)21-24)27-16(12)7-11/h3-9,24H,10H2,1-2H3,(H,20,22)(H,21,23). The highest BCUT2D eigenvalue weighted by Gasteiger charge is 2.12. The molecule has 0 radical (unpaired) electrons. The number of rotatable bonds is 6. The Kier molecular flexibility index (Phi) is 5.58. The van der Waals surface area contributed by atoms with Crippen LogP contribution < -0.4 is 20.3 Å². The number of carbonyl (C=O) groups excluding carboxylic acids is 2. The molecule has 0 spiro atoms. The molecule has 0 unspecified atom stereocenters. The van der Waals surface area contributed by atoms with Gasteiger partial charge in [0.1, 0.15) is 0 Å². The van der Waals surface area contributed by atoms with Crippen molar-refractivity contribution in [3.05, 3.63) is 58.5 Å². The number of amides is 2. The lowest BCUT2D eigenvalue weighted by Crippen LogP contribution is -2.22. The Balaban J connectivity index is 1.72. The Morgan fingerprint density at radius 1 is 1.00 bits per heavy atom. The highest BCUT2D eigenvalue weighted by molar-refractivity contribution is 7.20. The van der Waals surface area contributed by atoms with Gasteiger partial charge in [-0.3, -0.25) is 14.8 Å². The van der Waals surface area contributed by atoms with E-state index < -0.39 is 5.91 Å². The predicted molar refractivity (Wildman–Crippen MR) is 102 cm³/mol. The minimum Gasteiger partial charge on any atom is -0.493 e. The summed E-state index contributed by atoms with van der Waals surface area (Å²) < 4.78 is 11.3. The Morgan fingerprint density at radius 2 is 1.78 bits per heavy atom. The van der Waals surface area contributed by atoms with Gasteiger partial charge in [0.05, 0.1) is 19.1 Å². The second-order valence-corrected chi connectivity index (χ2v) is 6.76. The van der Waals surface area contributed by atoms with Gasteiger partial charge in [-0.25, -0.2) is 5.48 Å². The number of carbonyl (C=O) groups is 2. The van der Waals surface area contributed by atoms with E-state index in [-0.39, 0.29) is 5.91 Å². The van der Waals surface area contributed by atoms with Crippen molar-refractivity contribution >= 4 is 33.2 Å². The van der Waals surface area contributed by atoms with Crippen LogP contribution in [0.15, 0.2) is 42.5 Å². The van der Waals surface area contributed by atoms with Crippen molar-refractivity contribution in [1.29, 1.82) is 0 Å². The summed E-state index contributed by atoms with van der Waals surface area (Å²) in [5.41, 5.74) is 2.99. The maximum Gasteiger partial charge on any atom is 0.284 e. The van der Waals surface area contributed by atoms with Crippen LogP contribution in [0.2, 0.25) is 0 Å². The fourth-order valence-corrected chi connectivity index (χ4v) is 3.63. The molecule has 7 nitrogen and oxygen atoms in total. The lowest BCUT2D eigenvalue weighted by molar-refractivity contribution is 0.0711. The van der Waals surface area contributed by atoms with Gasteiger partial charge in [-0.2, -0.15) is 0 Å². The maximum atomic E-state index is 12.4. The first-order valence-electron chi connectivity index (χ1n) is 8.03. The highest BCUT2D eigenvalue weighted by atomic mass is 32.1. The number of thiophene rings is 1. The van der Waals surface area contributed by atoms with Crippen molar-refractivity contribution in [3.8, 4) is 11.5 Å².